The van der Waals surface area contributed by atoms with Crippen LogP contribution in [0.2, 0.25) is 0 Å². The fourth-order valence-corrected chi connectivity index (χ4v) is 2.41. The molecule has 1 fully saturated rings. The molecule has 1 heterocycles. The quantitative estimate of drug-likeness (QED) is 0.666. The van der Waals surface area contributed by atoms with Crippen molar-refractivity contribution >= 4 is 0 Å². The Balaban J connectivity index is 1.92. The van der Waals surface area contributed by atoms with E-state index in [-0.39, 0.29) is 0 Å². The molecule has 17 heavy (non-hydrogen) atoms. The summed E-state index contributed by atoms with van der Waals surface area (Å²) in [5, 5.41) is 0. The lowest BCUT2D eigenvalue weighted by atomic mass is 9.92. The lowest BCUT2D eigenvalue weighted by Crippen LogP contribution is -2.42. The van der Waals surface area contributed by atoms with Gasteiger partial charge in [0, 0.05) is 11.6 Å². The van der Waals surface area contributed by atoms with Gasteiger partial charge in [0.2, 0.25) is 0 Å². The molecule has 0 radical (unpaired) electrons. The molecule has 1 heteroatoms. The van der Waals surface area contributed by atoms with Crippen LogP contribution in [0.1, 0.15) is 32.3 Å². The minimum atomic E-state index is 0.675. The third-order valence-electron chi connectivity index (χ3n) is 3.79. The van der Waals surface area contributed by atoms with Gasteiger partial charge in [-0.1, -0.05) is 37.0 Å². The van der Waals surface area contributed by atoms with E-state index in [9.17, 15) is 0 Å². The maximum Gasteiger partial charge on any atom is 0.0607 e. The minimum Gasteiger partial charge on any atom is -0.289 e. The zero-order valence-corrected chi connectivity index (χ0v) is 10.8. The number of rotatable bonds is 1. The minimum absolute atomic E-state index is 0.675. The van der Waals surface area contributed by atoms with Crippen LogP contribution in [0.15, 0.2) is 30.3 Å². The molecule has 0 N–H and O–H groups in total. The first kappa shape index (κ1) is 12.2. The second-order valence-electron chi connectivity index (χ2n) is 5.00. The Bertz CT molecular complexity index is 399. The van der Waals surface area contributed by atoms with Gasteiger partial charge in [0.1, 0.15) is 0 Å². The lowest BCUT2D eigenvalue weighted by molar-refractivity contribution is 0.130. The highest BCUT2D eigenvalue weighted by Gasteiger charge is 2.23. The molecule has 1 aromatic rings. The summed E-state index contributed by atoms with van der Waals surface area (Å²) in [6, 6.07) is 10.9. The van der Waals surface area contributed by atoms with Crippen molar-refractivity contribution in [3.8, 4) is 11.8 Å². The molecule has 1 saturated heterocycles. The van der Waals surface area contributed by atoms with Crippen molar-refractivity contribution in [2.24, 2.45) is 5.92 Å². The number of likely N-dealkylation sites (tertiary alicyclic amines) is 1. The standard InChI is InChI=1S/C16H21N/c1-14-8-6-12-17(15(14)2)13-7-11-16-9-4-3-5-10-16/h3-5,9-10,14-15H,6,8,12-13H2,1-2H3/t14-,15-/m0/s1. The molecule has 0 aromatic heterocycles. The zero-order chi connectivity index (χ0) is 12.1. The molecule has 0 unspecified atom stereocenters. The van der Waals surface area contributed by atoms with Crippen LogP contribution in [0, 0.1) is 17.8 Å². The van der Waals surface area contributed by atoms with E-state index in [1.807, 2.05) is 18.2 Å². The molecule has 1 aliphatic heterocycles. The van der Waals surface area contributed by atoms with Gasteiger partial charge >= 0.3 is 0 Å². The highest BCUT2D eigenvalue weighted by atomic mass is 15.2. The second-order valence-corrected chi connectivity index (χ2v) is 5.00. The van der Waals surface area contributed by atoms with Crippen molar-refractivity contribution in [2.45, 2.75) is 32.7 Å². The molecular formula is C16H21N. The number of nitrogens with zero attached hydrogens (tertiary/aromatic N) is 1. The number of hydrogen-bond acceptors (Lipinski definition) is 1. The molecule has 2 atom stereocenters. The summed E-state index contributed by atoms with van der Waals surface area (Å²) in [6.07, 6.45) is 2.68. The molecule has 1 nitrogen and oxygen atoms in total. The van der Waals surface area contributed by atoms with Crippen molar-refractivity contribution in [1.29, 1.82) is 0 Å². The zero-order valence-electron chi connectivity index (χ0n) is 10.8. The van der Waals surface area contributed by atoms with Crippen molar-refractivity contribution in [1.82, 2.24) is 4.90 Å². The van der Waals surface area contributed by atoms with Crippen LogP contribution in [0.3, 0.4) is 0 Å². The van der Waals surface area contributed by atoms with Gasteiger partial charge < -0.3 is 0 Å². The van der Waals surface area contributed by atoms with E-state index in [0.29, 0.717) is 6.04 Å². The van der Waals surface area contributed by atoms with Crippen LogP contribution >= 0.6 is 0 Å². The van der Waals surface area contributed by atoms with E-state index in [4.69, 9.17) is 0 Å². The van der Waals surface area contributed by atoms with Crippen molar-refractivity contribution in [2.75, 3.05) is 13.1 Å². The van der Waals surface area contributed by atoms with Gasteiger partial charge in [-0.3, -0.25) is 4.90 Å². The molecule has 2 rings (SSSR count). The fraction of sp³-hybridized carbons (Fsp3) is 0.500. The lowest BCUT2D eigenvalue weighted by Gasteiger charge is -2.36. The van der Waals surface area contributed by atoms with Crippen LogP contribution in [-0.4, -0.2) is 24.0 Å². The molecule has 0 bridgehead atoms. The Kier molecular flexibility index (Phi) is 4.23. The summed E-state index contributed by atoms with van der Waals surface area (Å²) in [5.74, 6) is 7.34. The van der Waals surface area contributed by atoms with E-state index in [1.54, 1.807) is 0 Å². The van der Waals surface area contributed by atoms with E-state index in [2.05, 4.69) is 42.7 Å². The van der Waals surface area contributed by atoms with Crippen LogP contribution in [0.5, 0.6) is 0 Å². The van der Waals surface area contributed by atoms with Gasteiger partial charge in [0.15, 0.2) is 0 Å². The smallest absolute Gasteiger partial charge is 0.0607 e. The first-order chi connectivity index (χ1) is 8.27. The van der Waals surface area contributed by atoms with Crippen molar-refractivity contribution in [3.63, 3.8) is 0 Å². The maximum absolute atomic E-state index is 3.30. The molecular weight excluding hydrogens is 206 g/mol. The Morgan fingerprint density at radius 3 is 2.76 bits per heavy atom. The summed E-state index contributed by atoms with van der Waals surface area (Å²) in [4.78, 5) is 2.50. The van der Waals surface area contributed by atoms with Crippen molar-refractivity contribution < 1.29 is 0 Å². The van der Waals surface area contributed by atoms with Crippen LogP contribution in [0.25, 0.3) is 0 Å². The van der Waals surface area contributed by atoms with Crippen LogP contribution < -0.4 is 0 Å². The van der Waals surface area contributed by atoms with Crippen LogP contribution in [-0.2, 0) is 0 Å². The van der Waals surface area contributed by atoms with Crippen LogP contribution in [0.4, 0.5) is 0 Å². The Morgan fingerprint density at radius 1 is 1.24 bits per heavy atom. The van der Waals surface area contributed by atoms with Gasteiger partial charge in [-0.15, -0.1) is 0 Å². The maximum atomic E-state index is 3.30. The van der Waals surface area contributed by atoms with Gasteiger partial charge in [-0.05, 0) is 44.4 Å². The fourth-order valence-electron chi connectivity index (χ4n) is 2.41. The summed E-state index contributed by atoms with van der Waals surface area (Å²) in [5.41, 5.74) is 1.12. The monoisotopic (exact) mass is 227 g/mol. The molecule has 1 aliphatic rings. The summed E-state index contributed by atoms with van der Waals surface area (Å²) in [7, 11) is 0. The third-order valence-corrected chi connectivity index (χ3v) is 3.79. The highest BCUT2D eigenvalue weighted by Crippen LogP contribution is 2.21. The predicted molar refractivity (Wildman–Crippen MR) is 72.8 cm³/mol. The largest absolute Gasteiger partial charge is 0.289 e. The summed E-state index contributed by atoms with van der Waals surface area (Å²) < 4.78 is 0. The molecule has 0 saturated carbocycles. The van der Waals surface area contributed by atoms with E-state index in [0.717, 1.165) is 18.0 Å². The van der Waals surface area contributed by atoms with E-state index >= 15 is 0 Å². The number of benzene rings is 1. The first-order valence-corrected chi connectivity index (χ1v) is 6.55. The molecule has 90 valence electrons. The summed E-state index contributed by atoms with van der Waals surface area (Å²) >= 11 is 0. The Hall–Kier alpha value is -1.26. The van der Waals surface area contributed by atoms with Gasteiger partial charge in [-0.25, -0.2) is 0 Å². The topological polar surface area (TPSA) is 3.24 Å². The summed E-state index contributed by atoms with van der Waals surface area (Å²) in [6.45, 7) is 6.78. The average Bonchev–Trinajstić information content (AvgIpc) is 2.36. The van der Waals surface area contributed by atoms with Gasteiger partial charge in [-0.2, -0.15) is 0 Å². The highest BCUT2D eigenvalue weighted by molar-refractivity contribution is 5.33. The van der Waals surface area contributed by atoms with E-state index < -0.39 is 0 Å². The predicted octanol–water partition coefficient (Wildman–Crippen LogP) is 3.16. The number of piperidine rings is 1. The first-order valence-electron chi connectivity index (χ1n) is 6.55. The Labute approximate surface area is 105 Å². The van der Waals surface area contributed by atoms with Crippen molar-refractivity contribution in [3.05, 3.63) is 35.9 Å². The second kappa shape index (κ2) is 5.89. The number of hydrogen-bond donors (Lipinski definition) is 0. The van der Waals surface area contributed by atoms with Gasteiger partial charge in [0.05, 0.1) is 6.54 Å². The molecule has 0 aliphatic carbocycles. The SMILES string of the molecule is C[C@H]1CCCN(CC#Cc2ccccc2)[C@H]1C. The third kappa shape index (κ3) is 3.35. The Morgan fingerprint density at radius 2 is 2.00 bits per heavy atom. The molecule has 1 aromatic carbocycles. The average molecular weight is 227 g/mol. The van der Waals surface area contributed by atoms with Gasteiger partial charge in [0.25, 0.3) is 0 Å². The van der Waals surface area contributed by atoms with E-state index in [1.165, 1.54) is 19.4 Å². The molecule has 0 spiro atoms. The normalized spacial score (nSPS) is 25.1. The molecule has 0 amide bonds.